The van der Waals surface area contributed by atoms with Gasteiger partial charge >= 0.3 is 5.97 Å². The number of benzene rings is 1. The Hall–Kier alpha value is -2.23. The van der Waals surface area contributed by atoms with E-state index in [1.165, 1.54) is 6.07 Å². The molecule has 1 atom stereocenters. The fourth-order valence-electron chi connectivity index (χ4n) is 2.08. The second-order valence-corrected chi connectivity index (χ2v) is 4.37. The number of hydrogen-bond donors (Lipinski definition) is 1. The van der Waals surface area contributed by atoms with Crippen molar-refractivity contribution in [3.05, 3.63) is 65.7 Å². The van der Waals surface area contributed by atoms with Crippen LogP contribution in [0.1, 0.15) is 23.5 Å². The van der Waals surface area contributed by atoms with Crippen LogP contribution in [0.5, 0.6) is 0 Å². The van der Waals surface area contributed by atoms with E-state index >= 15 is 0 Å². The van der Waals surface area contributed by atoms with Crippen molar-refractivity contribution in [2.24, 2.45) is 0 Å². The second-order valence-electron chi connectivity index (χ2n) is 4.37. The lowest BCUT2D eigenvalue weighted by Crippen LogP contribution is -2.10. The predicted molar refractivity (Wildman–Crippen MR) is 69.3 cm³/mol. The average molecular weight is 259 g/mol. The first kappa shape index (κ1) is 13.2. The van der Waals surface area contributed by atoms with Crippen molar-refractivity contribution in [1.82, 2.24) is 4.98 Å². The van der Waals surface area contributed by atoms with Gasteiger partial charge in [-0.2, -0.15) is 0 Å². The van der Waals surface area contributed by atoms with E-state index in [1.54, 1.807) is 42.7 Å². The first-order valence-corrected chi connectivity index (χ1v) is 6.02. The number of carboxylic acid groups (broad SMARTS) is 1. The third-order valence-electron chi connectivity index (χ3n) is 3.02. The standard InChI is InChI=1S/C15H14FNO2/c16-14-4-2-1-3-12(14)9-13(10-15(18)19)11-5-7-17-8-6-11/h1-8,13H,9-10H2,(H,18,19). The molecule has 0 radical (unpaired) electrons. The monoisotopic (exact) mass is 259 g/mol. The van der Waals surface area contributed by atoms with E-state index in [0.29, 0.717) is 12.0 Å². The topological polar surface area (TPSA) is 50.2 Å². The molecule has 0 aliphatic rings. The van der Waals surface area contributed by atoms with Gasteiger partial charge in [-0.15, -0.1) is 0 Å². The summed E-state index contributed by atoms with van der Waals surface area (Å²) in [6.45, 7) is 0. The van der Waals surface area contributed by atoms with Crippen LogP contribution in [0.25, 0.3) is 0 Å². The molecule has 0 spiro atoms. The van der Waals surface area contributed by atoms with Crippen LogP contribution in [0, 0.1) is 5.82 Å². The lowest BCUT2D eigenvalue weighted by molar-refractivity contribution is -0.137. The minimum Gasteiger partial charge on any atom is -0.481 e. The molecule has 1 unspecified atom stereocenters. The van der Waals surface area contributed by atoms with Crippen molar-refractivity contribution >= 4 is 5.97 Å². The molecule has 1 aromatic carbocycles. The molecule has 2 aromatic rings. The van der Waals surface area contributed by atoms with Gasteiger partial charge < -0.3 is 5.11 Å². The van der Waals surface area contributed by atoms with Crippen LogP contribution >= 0.6 is 0 Å². The molecule has 4 heteroatoms. The summed E-state index contributed by atoms with van der Waals surface area (Å²) in [5.41, 5.74) is 1.39. The van der Waals surface area contributed by atoms with E-state index in [2.05, 4.69) is 4.98 Å². The van der Waals surface area contributed by atoms with Crippen LogP contribution in [0.3, 0.4) is 0 Å². The van der Waals surface area contributed by atoms with Gasteiger partial charge in [0.25, 0.3) is 0 Å². The summed E-state index contributed by atoms with van der Waals surface area (Å²) in [7, 11) is 0. The highest BCUT2D eigenvalue weighted by molar-refractivity contribution is 5.68. The van der Waals surface area contributed by atoms with Crippen molar-refractivity contribution in [1.29, 1.82) is 0 Å². The number of nitrogens with zero attached hydrogens (tertiary/aromatic N) is 1. The quantitative estimate of drug-likeness (QED) is 0.897. The van der Waals surface area contributed by atoms with Crippen molar-refractivity contribution in [2.45, 2.75) is 18.8 Å². The van der Waals surface area contributed by atoms with Crippen LogP contribution in [0.2, 0.25) is 0 Å². The summed E-state index contributed by atoms with van der Waals surface area (Å²) in [6, 6.07) is 9.99. The summed E-state index contributed by atoms with van der Waals surface area (Å²) >= 11 is 0. The summed E-state index contributed by atoms with van der Waals surface area (Å²) in [5, 5.41) is 8.98. The first-order chi connectivity index (χ1) is 9.16. The van der Waals surface area contributed by atoms with Gasteiger partial charge in [0.05, 0.1) is 6.42 Å². The van der Waals surface area contributed by atoms with E-state index in [-0.39, 0.29) is 18.2 Å². The van der Waals surface area contributed by atoms with E-state index in [9.17, 15) is 9.18 Å². The molecular weight excluding hydrogens is 245 g/mol. The third kappa shape index (κ3) is 3.61. The van der Waals surface area contributed by atoms with Crippen LogP contribution < -0.4 is 0 Å². The summed E-state index contributed by atoms with van der Waals surface area (Å²) in [4.78, 5) is 14.9. The molecule has 1 aromatic heterocycles. The molecule has 19 heavy (non-hydrogen) atoms. The minimum absolute atomic E-state index is 0.0294. The Morgan fingerprint density at radius 2 is 1.89 bits per heavy atom. The first-order valence-electron chi connectivity index (χ1n) is 6.02. The predicted octanol–water partition coefficient (Wildman–Crippen LogP) is 3.02. The zero-order chi connectivity index (χ0) is 13.7. The molecule has 0 saturated carbocycles. The molecule has 1 heterocycles. The lowest BCUT2D eigenvalue weighted by atomic mass is 9.90. The number of aromatic nitrogens is 1. The van der Waals surface area contributed by atoms with E-state index in [1.807, 2.05) is 0 Å². The molecule has 0 aliphatic heterocycles. The lowest BCUT2D eigenvalue weighted by Gasteiger charge is -2.15. The average Bonchev–Trinajstić information content (AvgIpc) is 2.41. The summed E-state index contributed by atoms with van der Waals surface area (Å²) in [5.74, 6) is -1.44. The number of rotatable bonds is 5. The maximum atomic E-state index is 13.6. The Bertz CT molecular complexity index is 557. The van der Waals surface area contributed by atoms with E-state index in [4.69, 9.17) is 5.11 Å². The van der Waals surface area contributed by atoms with Gasteiger partial charge in [0.1, 0.15) is 5.82 Å². The number of aliphatic carboxylic acids is 1. The number of carboxylic acids is 1. The van der Waals surface area contributed by atoms with Crippen molar-refractivity contribution < 1.29 is 14.3 Å². The van der Waals surface area contributed by atoms with Crippen LogP contribution in [-0.2, 0) is 11.2 Å². The number of carbonyl (C=O) groups is 1. The molecule has 0 saturated heterocycles. The Morgan fingerprint density at radius 3 is 2.53 bits per heavy atom. The van der Waals surface area contributed by atoms with Gasteiger partial charge in [-0.3, -0.25) is 9.78 Å². The fraction of sp³-hybridized carbons (Fsp3) is 0.200. The number of hydrogen-bond acceptors (Lipinski definition) is 2. The molecule has 3 nitrogen and oxygen atoms in total. The maximum Gasteiger partial charge on any atom is 0.303 e. The van der Waals surface area contributed by atoms with Gasteiger partial charge in [0.15, 0.2) is 0 Å². The molecule has 0 aliphatic carbocycles. The van der Waals surface area contributed by atoms with Crippen LogP contribution in [0.4, 0.5) is 4.39 Å². The van der Waals surface area contributed by atoms with Crippen LogP contribution in [0.15, 0.2) is 48.8 Å². The summed E-state index contributed by atoms with van der Waals surface area (Å²) in [6.07, 6.45) is 3.57. The highest BCUT2D eigenvalue weighted by Crippen LogP contribution is 2.25. The molecule has 0 fully saturated rings. The maximum absolute atomic E-state index is 13.6. The highest BCUT2D eigenvalue weighted by Gasteiger charge is 2.17. The molecule has 2 rings (SSSR count). The van der Waals surface area contributed by atoms with Gasteiger partial charge in [0.2, 0.25) is 0 Å². The number of pyridine rings is 1. The van der Waals surface area contributed by atoms with Gasteiger partial charge in [-0.1, -0.05) is 18.2 Å². The molecule has 0 bridgehead atoms. The zero-order valence-electron chi connectivity index (χ0n) is 10.3. The molecule has 0 amide bonds. The van der Waals surface area contributed by atoms with Crippen molar-refractivity contribution in [3.63, 3.8) is 0 Å². The Balaban J connectivity index is 2.24. The molecule has 1 N–H and O–H groups in total. The van der Waals surface area contributed by atoms with Crippen molar-refractivity contribution in [2.75, 3.05) is 0 Å². The van der Waals surface area contributed by atoms with E-state index < -0.39 is 5.97 Å². The van der Waals surface area contributed by atoms with Crippen molar-refractivity contribution in [3.8, 4) is 0 Å². The third-order valence-corrected chi connectivity index (χ3v) is 3.02. The van der Waals surface area contributed by atoms with Gasteiger partial charge in [-0.05, 0) is 41.7 Å². The number of halogens is 1. The van der Waals surface area contributed by atoms with Crippen LogP contribution in [-0.4, -0.2) is 16.1 Å². The van der Waals surface area contributed by atoms with Gasteiger partial charge in [-0.25, -0.2) is 4.39 Å². The Kier molecular flexibility index (Phi) is 4.23. The molecule has 98 valence electrons. The minimum atomic E-state index is -0.891. The zero-order valence-corrected chi connectivity index (χ0v) is 10.3. The normalized spacial score (nSPS) is 12.1. The second kappa shape index (κ2) is 6.09. The largest absolute Gasteiger partial charge is 0.481 e. The SMILES string of the molecule is O=C(O)CC(Cc1ccccc1F)c1ccncc1. The highest BCUT2D eigenvalue weighted by atomic mass is 19.1. The summed E-state index contributed by atoms with van der Waals surface area (Å²) < 4.78 is 13.6. The molecular formula is C15H14FNO2. The van der Waals surface area contributed by atoms with Gasteiger partial charge in [0, 0.05) is 12.4 Å². The van der Waals surface area contributed by atoms with E-state index in [0.717, 1.165) is 5.56 Å². The Morgan fingerprint density at radius 1 is 1.21 bits per heavy atom. The smallest absolute Gasteiger partial charge is 0.303 e. The Labute approximate surface area is 110 Å². The fourth-order valence-corrected chi connectivity index (χ4v) is 2.08.